The standard InChI is InChI=1S/C18H13BrFNO4/c1-23-15-9-10(7-12(19)16(15)24-2)8-14-18(22)25-17(21-14)11-5-3-4-6-13(11)20/h3-9H,1-2H3. The molecule has 3 rings (SSSR count). The van der Waals surface area contributed by atoms with Crippen molar-refractivity contribution >= 4 is 33.9 Å². The molecule has 0 N–H and O–H groups in total. The Hall–Kier alpha value is -2.67. The highest BCUT2D eigenvalue weighted by atomic mass is 79.9. The predicted molar refractivity (Wildman–Crippen MR) is 94.3 cm³/mol. The van der Waals surface area contributed by atoms with E-state index in [1.54, 1.807) is 24.3 Å². The smallest absolute Gasteiger partial charge is 0.363 e. The predicted octanol–water partition coefficient (Wildman–Crippen LogP) is 3.95. The number of hydrogen-bond acceptors (Lipinski definition) is 5. The Morgan fingerprint density at radius 1 is 1.20 bits per heavy atom. The number of rotatable bonds is 4. The molecule has 1 aliphatic heterocycles. The number of halogens is 2. The summed E-state index contributed by atoms with van der Waals surface area (Å²) in [5.74, 6) is -0.190. The molecule has 0 unspecified atom stereocenters. The van der Waals surface area contributed by atoms with E-state index in [4.69, 9.17) is 14.2 Å². The number of hydrogen-bond donors (Lipinski definition) is 0. The van der Waals surface area contributed by atoms with E-state index in [1.807, 2.05) is 0 Å². The number of cyclic esters (lactones) is 1. The number of methoxy groups -OCH3 is 2. The van der Waals surface area contributed by atoms with Gasteiger partial charge in [0.15, 0.2) is 17.2 Å². The number of aliphatic imine (C=N–C) groups is 1. The third-order valence-electron chi connectivity index (χ3n) is 3.48. The second-order valence-corrected chi connectivity index (χ2v) is 5.91. The highest BCUT2D eigenvalue weighted by Gasteiger charge is 2.26. The van der Waals surface area contributed by atoms with Crippen LogP contribution in [0.4, 0.5) is 4.39 Å². The number of carbonyl (C=O) groups excluding carboxylic acids is 1. The molecular weight excluding hydrogens is 393 g/mol. The summed E-state index contributed by atoms with van der Waals surface area (Å²) in [7, 11) is 3.04. The summed E-state index contributed by atoms with van der Waals surface area (Å²) in [6.45, 7) is 0. The molecule has 1 heterocycles. The first-order valence-corrected chi connectivity index (χ1v) is 8.01. The van der Waals surface area contributed by atoms with Gasteiger partial charge in [0.2, 0.25) is 5.90 Å². The first-order valence-electron chi connectivity index (χ1n) is 7.22. The van der Waals surface area contributed by atoms with Gasteiger partial charge in [-0.25, -0.2) is 14.2 Å². The van der Waals surface area contributed by atoms with Crippen LogP contribution in [0.2, 0.25) is 0 Å². The van der Waals surface area contributed by atoms with Gasteiger partial charge in [-0.3, -0.25) is 0 Å². The summed E-state index contributed by atoms with van der Waals surface area (Å²) in [5, 5.41) is 0. The molecule has 0 amide bonds. The van der Waals surface area contributed by atoms with Crippen molar-refractivity contribution in [3.05, 3.63) is 63.5 Å². The van der Waals surface area contributed by atoms with Gasteiger partial charge in [-0.1, -0.05) is 12.1 Å². The second-order valence-electron chi connectivity index (χ2n) is 5.05. The second kappa shape index (κ2) is 7.06. The Morgan fingerprint density at radius 3 is 2.64 bits per heavy atom. The van der Waals surface area contributed by atoms with Gasteiger partial charge in [0, 0.05) is 0 Å². The van der Waals surface area contributed by atoms with Crippen molar-refractivity contribution in [1.82, 2.24) is 0 Å². The van der Waals surface area contributed by atoms with Gasteiger partial charge in [-0.2, -0.15) is 0 Å². The quantitative estimate of drug-likeness (QED) is 0.570. The maximum Gasteiger partial charge on any atom is 0.363 e. The van der Waals surface area contributed by atoms with Crippen LogP contribution < -0.4 is 9.47 Å². The summed E-state index contributed by atoms with van der Waals surface area (Å²) < 4.78 is 30.1. The molecule has 2 aromatic carbocycles. The van der Waals surface area contributed by atoms with Crippen molar-refractivity contribution in [2.24, 2.45) is 4.99 Å². The van der Waals surface area contributed by atoms with E-state index in [2.05, 4.69) is 20.9 Å². The van der Waals surface area contributed by atoms with Gasteiger partial charge < -0.3 is 14.2 Å². The minimum atomic E-state index is -0.649. The molecule has 0 aliphatic carbocycles. The lowest BCUT2D eigenvalue weighted by molar-refractivity contribution is -0.129. The normalized spacial score (nSPS) is 15.1. The molecule has 0 atom stereocenters. The number of carbonyl (C=O) groups is 1. The van der Waals surface area contributed by atoms with Gasteiger partial charge >= 0.3 is 5.97 Å². The number of nitrogens with zero attached hydrogens (tertiary/aromatic N) is 1. The fourth-order valence-corrected chi connectivity index (χ4v) is 2.96. The zero-order valence-corrected chi connectivity index (χ0v) is 15.0. The van der Waals surface area contributed by atoms with Crippen LogP contribution in [-0.4, -0.2) is 26.1 Å². The van der Waals surface area contributed by atoms with Crippen molar-refractivity contribution in [3.8, 4) is 11.5 Å². The highest BCUT2D eigenvalue weighted by Crippen LogP contribution is 2.37. The average Bonchev–Trinajstić information content (AvgIpc) is 2.95. The van der Waals surface area contributed by atoms with Gasteiger partial charge in [0.1, 0.15) is 5.82 Å². The van der Waals surface area contributed by atoms with Gasteiger partial charge in [-0.15, -0.1) is 0 Å². The Bertz CT molecular complexity index is 908. The van der Waals surface area contributed by atoms with Gasteiger partial charge in [-0.05, 0) is 51.8 Å². The molecule has 0 fully saturated rings. The number of esters is 1. The Balaban J connectivity index is 2.00. The van der Waals surface area contributed by atoms with Crippen LogP contribution in [0.1, 0.15) is 11.1 Å². The molecule has 7 heteroatoms. The van der Waals surface area contributed by atoms with E-state index in [-0.39, 0.29) is 17.2 Å². The van der Waals surface area contributed by atoms with Crippen molar-refractivity contribution < 1.29 is 23.4 Å². The average molecular weight is 406 g/mol. The largest absolute Gasteiger partial charge is 0.493 e. The molecule has 0 aromatic heterocycles. The van der Waals surface area contributed by atoms with Crippen molar-refractivity contribution in [1.29, 1.82) is 0 Å². The SMILES string of the molecule is COc1cc(C=C2N=C(c3ccccc3F)OC2=O)cc(Br)c1OC. The van der Waals surface area contributed by atoms with Crippen LogP contribution in [0.3, 0.4) is 0 Å². The number of ether oxygens (including phenoxy) is 3. The van der Waals surface area contributed by atoms with Gasteiger partial charge in [0.25, 0.3) is 0 Å². The molecule has 0 saturated carbocycles. The van der Waals surface area contributed by atoms with E-state index < -0.39 is 11.8 Å². The maximum absolute atomic E-state index is 13.8. The van der Waals surface area contributed by atoms with Crippen molar-refractivity contribution in [2.45, 2.75) is 0 Å². The molecule has 1 aliphatic rings. The van der Waals surface area contributed by atoms with Crippen LogP contribution >= 0.6 is 15.9 Å². The molecule has 0 saturated heterocycles. The zero-order valence-electron chi connectivity index (χ0n) is 13.4. The first-order chi connectivity index (χ1) is 12.0. The lowest BCUT2D eigenvalue weighted by atomic mass is 10.1. The van der Waals surface area contributed by atoms with Crippen LogP contribution in [0, 0.1) is 5.82 Å². The topological polar surface area (TPSA) is 57.1 Å². The van der Waals surface area contributed by atoms with Gasteiger partial charge in [0.05, 0.1) is 24.3 Å². The monoisotopic (exact) mass is 405 g/mol. The van der Waals surface area contributed by atoms with E-state index in [0.717, 1.165) is 0 Å². The van der Waals surface area contributed by atoms with E-state index >= 15 is 0 Å². The molecule has 0 spiro atoms. The third-order valence-corrected chi connectivity index (χ3v) is 4.07. The highest BCUT2D eigenvalue weighted by molar-refractivity contribution is 9.10. The third kappa shape index (κ3) is 3.41. The Labute approximate surface area is 151 Å². The molecule has 0 bridgehead atoms. The summed E-state index contributed by atoms with van der Waals surface area (Å²) in [4.78, 5) is 16.1. The minimum Gasteiger partial charge on any atom is -0.493 e. The van der Waals surface area contributed by atoms with Crippen LogP contribution in [0.15, 0.2) is 51.6 Å². The van der Waals surface area contributed by atoms with E-state index in [0.29, 0.717) is 21.5 Å². The zero-order chi connectivity index (χ0) is 18.0. The van der Waals surface area contributed by atoms with Crippen molar-refractivity contribution in [2.75, 3.05) is 14.2 Å². The first kappa shape index (κ1) is 17.2. The summed E-state index contributed by atoms with van der Waals surface area (Å²) in [5.41, 5.74) is 0.847. The summed E-state index contributed by atoms with van der Waals surface area (Å²) >= 11 is 3.39. The number of benzene rings is 2. The van der Waals surface area contributed by atoms with Crippen LogP contribution in [0.5, 0.6) is 11.5 Å². The summed E-state index contributed by atoms with van der Waals surface area (Å²) in [6, 6.07) is 9.41. The minimum absolute atomic E-state index is 0.0612. The fraction of sp³-hybridized carbons (Fsp3) is 0.111. The molecule has 5 nitrogen and oxygen atoms in total. The van der Waals surface area contributed by atoms with Crippen molar-refractivity contribution in [3.63, 3.8) is 0 Å². The lowest BCUT2D eigenvalue weighted by Crippen LogP contribution is -2.07. The lowest BCUT2D eigenvalue weighted by Gasteiger charge is -2.10. The Morgan fingerprint density at radius 2 is 1.96 bits per heavy atom. The fourth-order valence-electron chi connectivity index (χ4n) is 2.34. The van der Waals surface area contributed by atoms with E-state index in [1.165, 1.54) is 32.4 Å². The molecule has 2 aromatic rings. The van der Waals surface area contributed by atoms with Crippen LogP contribution in [0.25, 0.3) is 6.08 Å². The molecule has 0 radical (unpaired) electrons. The van der Waals surface area contributed by atoms with E-state index in [9.17, 15) is 9.18 Å². The Kier molecular flexibility index (Phi) is 4.85. The van der Waals surface area contributed by atoms with Crippen LogP contribution in [-0.2, 0) is 9.53 Å². The summed E-state index contributed by atoms with van der Waals surface area (Å²) in [6.07, 6.45) is 1.53. The molecule has 128 valence electrons. The molecular formula is C18H13BrFNO4. The maximum atomic E-state index is 13.8. The molecule has 25 heavy (non-hydrogen) atoms.